The minimum absolute atomic E-state index is 0.526. The maximum Gasteiger partial charge on any atom is -0.0213 e. The van der Waals surface area contributed by atoms with Gasteiger partial charge in [-0.2, -0.15) is 0 Å². The van der Waals surface area contributed by atoms with Crippen molar-refractivity contribution in [1.82, 2.24) is 0 Å². The van der Waals surface area contributed by atoms with Gasteiger partial charge < -0.3 is 0 Å². The molecule has 3 aliphatic carbocycles. The zero-order valence-electron chi connectivity index (χ0n) is 27.0. The lowest BCUT2D eigenvalue weighted by Crippen LogP contribution is -2.45. The summed E-state index contributed by atoms with van der Waals surface area (Å²) in [6, 6.07) is 0. The fraction of sp³-hybridized carbons (Fsp3) is 0.974. The van der Waals surface area contributed by atoms with Gasteiger partial charge in [0, 0.05) is 0 Å². The number of rotatable bonds is 4. The Morgan fingerprint density at radius 3 is 0.590 bits per heavy atom. The molecule has 0 N–H and O–H groups in total. The van der Waals surface area contributed by atoms with Crippen LogP contribution >= 0.6 is 0 Å². The predicted molar refractivity (Wildman–Crippen MR) is 175 cm³/mol. The lowest BCUT2D eigenvalue weighted by molar-refractivity contribution is -0.0308. The Balaban J connectivity index is 1.89. The molecule has 3 fully saturated rings. The van der Waals surface area contributed by atoms with E-state index in [-0.39, 0.29) is 0 Å². The molecule has 0 atom stereocenters. The first kappa shape index (κ1) is 33.5. The van der Waals surface area contributed by atoms with Gasteiger partial charge in [0.25, 0.3) is 0 Å². The Labute approximate surface area is 248 Å². The van der Waals surface area contributed by atoms with E-state index < -0.39 is 0 Å². The zero-order valence-corrected chi connectivity index (χ0v) is 27.0. The van der Waals surface area contributed by atoms with Crippen LogP contribution in [0.5, 0.6) is 0 Å². The maximum absolute atomic E-state index is 4.97. The lowest BCUT2D eigenvalue weighted by Gasteiger charge is -2.53. The minimum atomic E-state index is 0.526. The summed E-state index contributed by atoms with van der Waals surface area (Å²) < 4.78 is 0. The first-order valence-corrected chi connectivity index (χ1v) is 19.2. The van der Waals surface area contributed by atoms with Gasteiger partial charge in [0.15, 0.2) is 0 Å². The predicted octanol–water partition coefficient (Wildman–Crippen LogP) is 14.0. The molecule has 3 rings (SSSR count). The largest absolute Gasteiger partial charge is 0.0533 e. The molecule has 0 saturated heterocycles. The van der Waals surface area contributed by atoms with Crippen molar-refractivity contribution in [2.45, 2.75) is 218 Å². The summed E-state index contributed by atoms with van der Waals surface area (Å²) in [4.78, 5) is 0. The van der Waals surface area contributed by atoms with Crippen LogP contribution in [0.2, 0.25) is 0 Å². The van der Waals surface area contributed by atoms with E-state index in [9.17, 15) is 0 Å². The van der Waals surface area contributed by atoms with Crippen LogP contribution in [0.25, 0.3) is 0 Å². The molecule has 0 spiro atoms. The van der Waals surface area contributed by atoms with Crippen molar-refractivity contribution in [2.24, 2.45) is 23.2 Å². The van der Waals surface area contributed by atoms with Crippen molar-refractivity contribution in [3.8, 4) is 0 Å². The normalized spacial score (nSPS) is 26.1. The second kappa shape index (κ2) is 21.7. The highest BCUT2D eigenvalue weighted by Crippen LogP contribution is 2.56. The van der Waals surface area contributed by atoms with E-state index in [0.29, 0.717) is 5.41 Å². The van der Waals surface area contributed by atoms with Crippen molar-refractivity contribution in [3.63, 3.8) is 0 Å². The monoisotopic (exact) mass is 542 g/mol. The smallest absolute Gasteiger partial charge is 0.0213 e. The average molecular weight is 542 g/mol. The topological polar surface area (TPSA) is 0 Å². The van der Waals surface area contributed by atoms with Gasteiger partial charge in [-0.25, -0.2) is 0 Å². The third kappa shape index (κ3) is 12.4. The minimum Gasteiger partial charge on any atom is -0.0533 e. The Bertz CT molecular complexity index is 438. The molecule has 0 bridgehead atoms. The molecular formula is C39H73. The molecule has 1 radical (unpaired) electrons. The van der Waals surface area contributed by atoms with Crippen LogP contribution in [0.4, 0.5) is 0 Å². The summed E-state index contributed by atoms with van der Waals surface area (Å²) in [6.45, 7) is 4.97. The Morgan fingerprint density at radius 2 is 0.436 bits per heavy atom. The fourth-order valence-corrected chi connectivity index (χ4v) is 9.71. The van der Waals surface area contributed by atoms with Crippen molar-refractivity contribution in [1.29, 1.82) is 0 Å². The maximum atomic E-state index is 4.97. The van der Waals surface area contributed by atoms with Crippen LogP contribution in [0, 0.1) is 30.1 Å². The summed E-state index contributed by atoms with van der Waals surface area (Å²) in [5.41, 5.74) is 0.526. The van der Waals surface area contributed by atoms with E-state index in [1.54, 1.807) is 0 Å². The second-order valence-corrected chi connectivity index (χ2v) is 14.7. The summed E-state index contributed by atoms with van der Waals surface area (Å²) in [5.74, 6) is 2.85. The first-order valence-electron chi connectivity index (χ1n) is 19.2. The van der Waals surface area contributed by atoms with Crippen molar-refractivity contribution in [3.05, 3.63) is 6.92 Å². The molecular weight excluding hydrogens is 468 g/mol. The molecule has 0 amide bonds. The molecule has 0 unspecified atom stereocenters. The van der Waals surface area contributed by atoms with E-state index in [1.165, 1.54) is 218 Å². The van der Waals surface area contributed by atoms with Gasteiger partial charge in [0.1, 0.15) is 0 Å². The van der Waals surface area contributed by atoms with Crippen LogP contribution in [0.3, 0.4) is 0 Å². The molecule has 39 heavy (non-hydrogen) atoms. The van der Waals surface area contributed by atoms with E-state index in [0.717, 1.165) is 17.8 Å². The quantitative estimate of drug-likeness (QED) is 0.332. The van der Waals surface area contributed by atoms with Crippen LogP contribution in [-0.4, -0.2) is 0 Å². The van der Waals surface area contributed by atoms with Gasteiger partial charge in [-0.1, -0.05) is 180 Å². The van der Waals surface area contributed by atoms with Crippen LogP contribution < -0.4 is 0 Å². The number of hydrogen-bond donors (Lipinski definition) is 0. The highest BCUT2D eigenvalue weighted by Gasteiger charge is 2.47. The SMILES string of the molecule is [CH2]CC(C1CCCCCCCCCCC1)(C1CCCCCCCCCCC1)C1CCCCCCCCCCC1. The van der Waals surface area contributed by atoms with Crippen LogP contribution in [0.1, 0.15) is 218 Å². The summed E-state index contributed by atoms with van der Waals surface area (Å²) >= 11 is 0. The Morgan fingerprint density at radius 1 is 0.282 bits per heavy atom. The molecule has 0 heteroatoms. The molecule has 0 heterocycles. The van der Waals surface area contributed by atoms with Crippen LogP contribution in [-0.2, 0) is 0 Å². The zero-order chi connectivity index (χ0) is 27.3. The molecule has 0 aromatic carbocycles. The van der Waals surface area contributed by atoms with Gasteiger partial charge in [-0.15, -0.1) is 0 Å². The summed E-state index contributed by atoms with van der Waals surface area (Å²) in [7, 11) is 0. The van der Waals surface area contributed by atoms with Gasteiger partial charge in [-0.3, -0.25) is 0 Å². The molecule has 0 aromatic heterocycles. The Hall–Kier alpha value is 0. The fourth-order valence-electron chi connectivity index (χ4n) is 9.71. The highest BCUT2D eigenvalue weighted by molar-refractivity contribution is 4.98. The van der Waals surface area contributed by atoms with Gasteiger partial charge in [0.05, 0.1) is 0 Å². The van der Waals surface area contributed by atoms with Crippen molar-refractivity contribution < 1.29 is 0 Å². The third-order valence-corrected chi connectivity index (χ3v) is 12.0. The molecule has 0 aliphatic heterocycles. The second-order valence-electron chi connectivity index (χ2n) is 14.7. The van der Waals surface area contributed by atoms with E-state index >= 15 is 0 Å². The summed E-state index contributed by atoms with van der Waals surface area (Å²) in [5, 5.41) is 0. The Kier molecular flexibility index (Phi) is 18.6. The number of hydrogen-bond acceptors (Lipinski definition) is 0. The molecule has 0 aromatic rings. The highest BCUT2D eigenvalue weighted by atomic mass is 14.5. The van der Waals surface area contributed by atoms with E-state index in [2.05, 4.69) is 0 Å². The third-order valence-electron chi connectivity index (χ3n) is 12.0. The van der Waals surface area contributed by atoms with Crippen molar-refractivity contribution in [2.75, 3.05) is 0 Å². The molecule has 3 aliphatic rings. The summed E-state index contributed by atoms with van der Waals surface area (Å²) in [6.07, 6.45) is 50.9. The van der Waals surface area contributed by atoms with Gasteiger partial charge in [0.2, 0.25) is 0 Å². The lowest BCUT2D eigenvalue weighted by atomic mass is 9.52. The standard InChI is InChI=1S/C39H73/c1-2-39(36-30-24-18-12-6-3-7-13-19-25-31-36,37-32-26-20-14-8-4-9-15-21-27-33-37)38-34-28-22-16-10-5-11-17-23-29-35-38/h36-38H,1-35H2. The molecule has 229 valence electrons. The first-order chi connectivity index (χ1) is 19.4. The van der Waals surface area contributed by atoms with Crippen molar-refractivity contribution >= 4 is 0 Å². The van der Waals surface area contributed by atoms with Gasteiger partial charge in [-0.05, 0) is 68.1 Å². The van der Waals surface area contributed by atoms with Crippen LogP contribution in [0.15, 0.2) is 0 Å². The molecule has 0 nitrogen and oxygen atoms in total. The molecule has 3 saturated carbocycles. The van der Waals surface area contributed by atoms with E-state index in [4.69, 9.17) is 6.92 Å². The van der Waals surface area contributed by atoms with E-state index in [1.807, 2.05) is 0 Å². The average Bonchev–Trinajstić information content (AvgIpc) is 2.92. The van der Waals surface area contributed by atoms with Gasteiger partial charge >= 0.3 is 0 Å².